The molecule has 154 valence electrons. The predicted molar refractivity (Wildman–Crippen MR) is 105 cm³/mol. The number of carbonyl (C=O) groups excluding carboxylic acids is 2. The zero-order valence-corrected chi connectivity index (χ0v) is 17.5. The van der Waals surface area contributed by atoms with Crippen molar-refractivity contribution in [3.05, 3.63) is 23.8 Å². The molecule has 0 spiro atoms. The van der Waals surface area contributed by atoms with E-state index in [0.717, 1.165) is 11.3 Å². The molecule has 2 aliphatic heterocycles. The average molecular weight is 410 g/mol. The van der Waals surface area contributed by atoms with E-state index in [2.05, 4.69) is 5.32 Å². The highest BCUT2D eigenvalue weighted by Crippen LogP contribution is 2.32. The second-order valence-electron chi connectivity index (χ2n) is 8.21. The molecule has 0 radical (unpaired) electrons. The van der Waals surface area contributed by atoms with E-state index in [4.69, 9.17) is 4.74 Å². The molecule has 3 rings (SSSR count). The molecule has 1 atom stereocenters. The van der Waals surface area contributed by atoms with E-state index in [1.807, 2.05) is 0 Å². The molecule has 9 heteroatoms. The summed E-state index contributed by atoms with van der Waals surface area (Å²) in [4.78, 5) is 25.5. The lowest BCUT2D eigenvalue weighted by molar-refractivity contribution is -0.116. The van der Waals surface area contributed by atoms with Crippen molar-refractivity contribution in [1.29, 1.82) is 0 Å². The van der Waals surface area contributed by atoms with Gasteiger partial charge in [0.05, 0.1) is 4.90 Å². The van der Waals surface area contributed by atoms with Crippen molar-refractivity contribution in [2.45, 2.75) is 57.1 Å². The number of nitrogens with one attached hydrogen (secondary N) is 1. The second-order valence-corrected chi connectivity index (χ2v) is 10.1. The molecule has 0 unspecified atom stereocenters. The Labute approximate surface area is 165 Å². The lowest BCUT2D eigenvalue weighted by Crippen LogP contribution is -2.41. The van der Waals surface area contributed by atoms with Crippen LogP contribution in [0.15, 0.2) is 23.1 Å². The van der Waals surface area contributed by atoms with Crippen LogP contribution in [0.4, 0.5) is 10.5 Å². The molecular formula is C19H27N3O5S. The monoisotopic (exact) mass is 409 g/mol. The number of hydrogen-bond acceptors (Lipinski definition) is 5. The van der Waals surface area contributed by atoms with Gasteiger partial charge in [0.25, 0.3) is 0 Å². The Hall–Kier alpha value is -2.13. The van der Waals surface area contributed by atoms with E-state index < -0.39 is 21.7 Å². The maximum atomic E-state index is 13.0. The zero-order chi connectivity index (χ0) is 20.7. The van der Waals surface area contributed by atoms with Gasteiger partial charge in [0.2, 0.25) is 15.9 Å². The molecular weight excluding hydrogens is 382 g/mol. The molecule has 1 saturated heterocycles. The first-order valence-corrected chi connectivity index (χ1v) is 10.8. The van der Waals surface area contributed by atoms with Gasteiger partial charge in [-0.2, -0.15) is 4.31 Å². The maximum Gasteiger partial charge on any atom is 0.407 e. The number of fused-ring (bicyclic) bond motifs is 1. The third-order valence-electron chi connectivity index (χ3n) is 4.84. The number of hydrogen-bond donors (Lipinski definition) is 1. The van der Waals surface area contributed by atoms with Crippen molar-refractivity contribution < 1.29 is 22.7 Å². The van der Waals surface area contributed by atoms with Gasteiger partial charge in [-0.25, -0.2) is 13.2 Å². The van der Waals surface area contributed by atoms with Crippen LogP contribution in [0, 0.1) is 0 Å². The van der Waals surface area contributed by atoms with E-state index in [0.29, 0.717) is 25.9 Å². The first kappa shape index (κ1) is 20.6. The topological polar surface area (TPSA) is 96.0 Å². The zero-order valence-electron chi connectivity index (χ0n) is 16.7. The molecule has 0 aromatic heterocycles. The van der Waals surface area contributed by atoms with Crippen LogP contribution in [0.1, 0.15) is 39.7 Å². The summed E-state index contributed by atoms with van der Waals surface area (Å²) in [6.45, 7) is 7.94. The number of carbonyl (C=O) groups is 2. The lowest BCUT2D eigenvalue weighted by atomic mass is 10.2. The van der Waals surface area contributed by atoms with Gasteiger partial charge in [-0.15, -0.1) is 0 Å². The summed E-state index contributed by atoms with van der Waals surface area (Å²) >= 11 is 0. The molecule has 1 N–H and O–H groups in total. The summed E-state index contributed by atoms with van der Waals surface area (Å²) in [6, 6.07) is 4.61. The van der Waals surface area contributed by atoms with E-state index >= 15 is 0 Å². The van der Waals surface area contributed by atoms with Gasteiger partial charge in [-0.3, -0.25) is 4.79 Å². The number of alkyl carbamates (subject to hydrolysis) is 1. The first-order valence-electron chi connectivity index (χ1n) is 9.38. The highest BCUT2D eigenvalue weighted by atomic mass is 32.2. The van der Waals surface area contributed by atoms with Crippen LogP contribution < -0.4 is 10.2 Å². The molecule has 2 heterocycles. The van der Waals surface area contributed by atoms with Crippen LogP contribution in [0.2, 0.25) is 0 Å². The molecule has 28 heavy (non-hydrogen) atoms. The van der Waals surface area contributed by atoms with E-state index in [1.54, 1.807) is 43.9 Å². The quantitative estimate of drug-likeness (QED) is 0.822. The summed E-state index contributed by atoms with van der Waals surface area (Å²) in [7, 11) is -3.66. The standard InChI is InChI=1S/C19H27N3O5S/c1-13(23)22-10-7-14-11-16(5-6-17(14)22)28(25,26)21-9-8-15(12-21)20-18(24)27-19(2,3)4/h5-6,11,15H,7-10,12H2,1-4H3,(H,20,24)/t15-/m0/s1. The number of nitrogens with zero attached hydrogens (tertiary/aromatic N) is 2. The van der Waals surface area contributed by atoms with Crippen LogP contribution in [0.25, 0.3) is 0 Å². The van der Waals surface area contributed by atoms with Crippen molar-refractivity contribution >= 4 is 27.7 Å². The minimum Gasteiger partial charge on any atom is -0.444 e. The fraction of sp³-hybridized carbons (Fsp3) is 0.579. The van der Waals surface area contributed by atoms with E-state index in [9.17, 15) is 18.0 Å². The molecule has 1 aromatic rings. The third-order valence-corrected chi connectivity index (χ3v) is 6.70. The van der Waals surface area contributed by atoms with Gasteiger partial charge in [0, 0.05) is 38.3 Å². The van der Waals surface area contributed by atoms with Gasteiger partial charge >= 0.3 is 6.09 Å². The molecule has 1 aromatic carbocycles. The number of ether oxygens (including phenoxy) is 1. The van der Waals surface area contributed by atoms with Gasteiger partial charge in [0.15, 0.2) is 0 Å². The van der Waals surface area contributed by atoms with Crippen LogP contribution in [-0.2, 0) is 26.0 Å². The summed E-state index contributed by atoms with van der Waals surface area (Å²) in [5, 5.41) is 2.74. The van der Waals surface area contributed by atoms with E-state index in [1.165, 1.54) is 11.2 Å². The summed E-state index contributed by atoms with van der Waals surface area (Å²) < 4.78 is 32.6. The Balaban J connectivity index is 1.69. The summed E-state index contributed by atoms with van der Waals surface area (Å²) in [5.74, 6) is -0.0510. The van der Waals surface area contributed by atoms with Crippen molar-refractivity contribution in [1.82, 2.24) is 9.62 Å². The SMILES string of the molecule is CC(=O)N1CCc2cc(S(=O)(=O)N3CC[C@H](NC(=O)OC(C)(C)C)C3)ccc21. The lowest BCUT2D eigenvalue weighted by Gasteiger charge is -2.22. The van der Waals surface area contributed by atoms with Gasteiger partial charge in [0.1, 0.15) is 5.60 Å². The fourth-order valence-corrected chi connectivity index (χ4v) is 5.10. The predicted octanol–water partition coefficient (Wildman–Crippen LogP) is 1.88. The fourth-order valence-electron chi connectivity index (χ4n) is 3.55. The number of benzene rings is 1. The average Bonchev–Trinajstić information content (AvgIpc) is 3.19. The maximum absolute atomic E-state index is 13.0. The smallest absolute Gasteiger partial charge is 0.407 e. The van der Waals surface area contributed by atoms with Crippen LogP contribution in [0.5, 0.6) is 0 Å². The van der Waals surface area contributed by atoms with Crippen LogP contribution in [0.3, 0.4) is 0 Å². The molecule has 1 fully saturated rings. The second kappa shape index (κ2) is 7.36. The van der Waals surface area contributed by atoms with Crippen LogP contribution >= 0.6 is 0 Å². The van der Waals surface area contributed by atoms with Crippen molar-refractivity contribution in [3.8, 4) is 0 Å². The largest absolute Gasteiger partial charge is 0.444 e. The molecule has 8 nitrogen and oxygen atoms in total. The molecule has 0 aliphatic carbocycles. The Morgan fingerprint density at radius 2 is 1.93 bits per heavy atom. The molecule has 2 amide bonds. The number of anilines is 1. The highest BCUT2D eigenvalue weighted by molar-refractivity contribution is 7.89. The molecule has 0 saturated carbocycles. The first-order chi connectivity index (χ1) is 13.0. The number of rotatable bonds is 3. The highest BCUT2D eigenvalue weighted by Gasteiger charge is 2.35. The Morgan fingerprint density at radius 3 is 2.57 bits per heavy atom. The van der Waals surface area contributed by atoms with Crippen molar-refractivity contribution in [3.63, 3.8) is 0 Å². The minimum atomic E-state index is -3.66. The Kier molecular flexibility index (Phi) is 5.42. The number of amides is 2. The Morgan fingerprint density at radius 1 is 1.21 bits per heavy atom. The minimum absolute atomic E-state index is 0.0510. The number of sulfonamides is 1. The van der Waals surface area contributed by atoms with Crippen molar-refractivity contribution in [2.75, 3.05) is 24.5 Å². The van der Waals surface area contributed by atoms with Gasteiger partial charge < -0.3 is 15.0 Å². The summed E-state index contributed by atoms with van der Waals surface area (Å²) in [5.41, 5.74) is 1.03. The third kappa shape index (κ3) is 4.30. The van der Waals surface area contributed by atoms with Crippen molar-refractivity contribution in [2.24, 2.45) is 0 Å². The van der Waals surface area contributed by atoms with Gasteiger partial charge in [-0.1, -0.05) is 0 Å². The van der Waals surface area contributed by atoms with E-state index in [-0.39, 0.29) is 23.4 Å². The van der Waals surface area contributed by atoms with Crippen LogP contribution in [-0.4, -0.2) is 56.0 Å². The normalized spacial score (nSPS) is 20.1. The molecule has 2 aliphatic rings. The summed E-state index contributed by atoms with van der Waals surface area (Å²) in [6.07, 6.45) is 0.626. The molecule has 0 bridgehead atoms. The Bertz CT molecular complexity index is 891. The van der Waals surface area contributed by atoms with Gasteiger partial charge in [-0.05, 0) is 57.4 Å².